The summed E-state index contributed by atoms with van der Waals surface area (Å²) in [6.45, 7) is 2.19. The highest BCUT2D eigenvalue weighted by atomic mass is 16.5. The molecule has 0 radical (unpaired) electrons. The van der Waals surface area contributed by atoms with Crippen LogP contribution < -0.4 is 10.5 Å². The molecule has 112 valence electrons. The minimum absolute atomic E-state index is 0.109. The van der Waals surface area contributed by atoms with Crippen LogP contribution in [0.15, 0.2) is 24.3 Å². The van der Waals surface area contributed by atoms with Gasteiger partial charge in [-0.25, -0.2) is 0 Å². The summed E-state index contributed by atoms with van der Waals surface area (Å²) in [7, 11) is 1.82. The number of carbonyl (C=O) groups is 1. The van der Waals surface area contributed by atoms with Crippen molar-refractivity contribution in [3.8, 4) is 5.75 Å². The molecule has 0 atom stereocenters. The topological polar surface area (TPSA) is 92.3 Å². The van der Waals surface area contributed by atoms with Gasteiger partial charge < -0.3 is 19.8 Å². The smallest absolute Gasteiger partial charge is 0.309 e. The number of ether oxygens (including phenoxy) is 2. The SMILES string of the molecule is Cc1nnc(COC(=O)CCOc2ccc(N)cc2)n1C. The number of carbonyl (C=O) groups excluding carboxylic acids is 1. The Bertz CT molecular complexity index is 607. The predicted octanol–water partition coefficient (Wildman–Crippen LogP) is 1.22. The molecule has 2 N–H and O–H groups in total. The van der Waals surface area contributed by atoms with E-state index in [1.54, 1.807) is 28.8 Å². The summed E-state index contributed by atoms with van der Waals surface area (Å²) in [6, 6.07) is 6.99. The molecule has 7 heteroatoms. The van der Waals surface area contributed by atoms with Crippen LogP contribution in [0, 0.1) is 6.92 Å². The van der Waals surface area contributed by atoms with Gasteiger partial charge in [0.1, 0.15) is 11.6 Å². The molecule has 0 unspecified atom stereocenters. The van der Waals surface area contributed by atoms with E-state index in [1.165, 1.54) is 0 Å². The van der Waals surface area contributed by atoms with E-state index in [0.29, 0.717) is 17.3 Å². The molecule has 7 nitrogen and oxygen atoms in total. The Morgan fingerprint density at radius 2 is 2.00 bits per heavy atom. The van der Waals surface area contributed by atoms with Crippen LogP contribution >= 0.6 is 0 Å². The van der Waals surface area contributed by atoms with Gasteiger partial charge in [0.15, 0.2) is 12.4 Å². The van der Waals surface area contributed by atoms with Gasteiger partial charge in [-0.2, -0.15) is 0 Å². The average Bonchev–Trinajstić information content (AvgIpc) is 2.79. The van der Waals surface area contributed by atoms with Crippen LogP contribution in [-0.4, -0.2) is 27.3 Å². The molecule has 1 heterocycles. The Hall–Kier alpha value is -2.57. The third-order valence-electron chi connectivity index (χ3n) is 3.00. The molecule has 1 aromatic carbocycles. The number of nitrogens with zero attached hydrogens (tertiary/aromatic N) is 3. The second-order valence-electron chi connectivity index (χ2n) is 4.55. The fourth-order valence-corrected chi connectivity index (χ4v) is 1.61. The third-order valence-corrected chi connectivity index (χ3v) is 3.00. The summed E-state index contributed by atoms with van der Waals surface area (Å²) in [4.78, 5) is 11.6. The Morgan fingerprint density at radius 3 is 2.62 bits per heavy atom. The summed E-state index contributed by atoms with van der Waals surface area (Å²) in [5, 5.41) is 7.81. The maximum absolute atomic E-state index is 11.6. The van der Waals surface area contributed by atoms with Crippen molar-refractivity contribution >= 4 is 11.7 Å². The quantitative estimate of drug-likeness (QED) is 0.635. The summed E-state index contributed by atoms with van der Waals surface area (Å²) in [5.41, 5.74) is 6.24. The van der Waals surface area contributed by atoms with Gasteiger partial charge in [-0.1, -0.05) is 0 Å². The van der Waals surface area contributed by atoms with E-state index >= 15 is 0 Å². The molecule has 0 spiro atoms. The molecule has 0 saturated heterocycles. The standard InChI is InChI=1S/C14H18N4O3/c1-10-16-17-13(18(10)2)9-21-14(19)7-8-20-12-5-3-11(15)4-6-12/h3-6H,7-9,15H2,1-2H3. The number of anilines is 1. The first-order valence-electron chi connectivity index (χ1n) is 6.55. The van der Waals surface area contributed by atoms with Crippen molar-refractivity contribution in [2.45, 2.75) is 20.0 Å². The first-order valence-corrected chi connectivity index (χ1v) is 6.55. The third kappa shape index (κ3) is 4.20. The summed E-state index contributed by atoms with van der Waals surface area (Å²) in [6.07, 6.45) is 0.168. The predicted molar refractivity (Wildman–Crippen MR) is 76.5 cm³/mol. The maximum atomic E-state index is 11.6. The minimum Gasteiger partial charge on any atom is -0.493 e. The fraction of sp³-hybridized carbons (Fsp3) is 0.357. The molecule has 1 aromatic heterocycles. The van der Waals surface area contributed by atoms with Gasteiger partial charge in [0.25, 0.3) is 0 Å². The largest absolute Gasteiger partial charge is 0.493 e. The molecular weight excluding hydrogens is 272 g/mol. The van der Waals surface area contributed by atoms with Crippen LogP contribution in [0.1, 0.15) is 18.1 Å². The Morgan fingerprint density at radius 1 is 1.29 bits per heavy atom. The molecule has 0 aliphatic carbocycles. The van der Waals surface area contributed by atoms with Crippen LogP contribution in [0.3, 0.4) is 0 Å². The molecule has 21 heavy (non-hydrogen) atoms. The van der Waals surface area contributed by atoms with Crippen molar-refractivity contribution < 1.29 is 14.3 Å². The lowest BCUT2D eigenvalue weighted by molar-refractivity contribution is -0.145. The zero-order chi connectivity index (χ0) is 15.2. The molecule has 0 bridgehead atoms. The molecule has 2 aromatic rings. The maximum Gasteiger partial charge on any atom is 0.309 e. The highest BCUT2D eigenvalue weighted by Crippen LogP contribution is 2.13. The monoisotopic (exact) mass is 290 g/mol. The van der Waals surface area contributed by atoms with Gasteiger partial charge in [0.2, 0.25) is 0 Å². The molecule has 0 fully saturated rings. The van der Waals surface area contributed by atoms with E-state index in [-0.39, 0.29) is 25.6 Å². The second-order valence-corrected chi connectivity index (χ2v) is 4.55. The first kappa shape index (κ1) is 14.8. The van der Waals surface area contributed by atoms with Gasteiger partial charge in [-0.05, 0) is 31.2 Å². The lowest BCUT2D eigenvalue weighted by atomic mass is 10.3. The van der Waals surface area contributed by atoms with Crippen molar-refractivity contribution in [3.63, 3.8) is 0 Å². The molecular formula is C14H18N4O3. The van der Waals surface area contributed by atoms with Crippen LogP contribution in [0.4, 0.5) is 5.69 Å². The van der Waals surface area contributed by atoms with Crippen molar-refractivity contribution in [3.05, 3.63) is 35.9 Å². The highest BCUT2D eigenvalue weighted by molar-refractivity contribution is 5.69. The second kappa shape index (κ2) is 6.74. The number of esters is 1. The van der Waals surface area contributed by atoms with E-state index in [9.17, 15) is 4.79 Å². The van der Waals surface area contributed by atoms with Crippen LogP contribution in [0.5, 0.6) is 5.75 Å². The number of aryl methyl sites for hydroxylation is 1. The zero-order valence-electron chi connectivity index (χ0n) is 12.1. The number of hydrogen-bond acceptors (Lipinski definition) is 6. The lowest BCUT2D eigenvalue weighted by Crippen LogP contribution is -2.12. The van der Waals surface area contributed by atoms with E-state index in [2.05, 4.69) is 10.2 Å². The van der Waals surface area contributed by atoms with E-state index in [4.69, 9.17) is 15.2 Å². The normalized spacial score (nSPS) is 10.4. The van der Waals surface area contributed by atoms with E-state index < -0.39 is 0 Å². The van der Waals surface area contributed by atoms with Crippen LogP contribution in [-0.2, 0) is 23.2 Å². The van der Waals surface area contributed by atoms with Gasteiger partial charge in [-0.3, -0.25) is 4.79 Å². The van der Waals surface area contributed by atoms with E-state index in [1.807, 2.05) is 14.0 Å². The molecule has 0 aliphatic rings. The van der Waals surface area contributed by atoms with Gasteiger partial charge in [0, 0.05) is 12.7 Å². The molecule has 2 rings (SSSR count). The van der Waals surface area contributed by atoms with Gasteiger partial charge in [-0.15, -0.1) is 10.2 Å². The number of nitrogens with two attached hydrogens (primary N) is 1. The van der Waals surface area contributed by atoms with Gasteiger partial charge in [0.05, 0.1) is 13.0 Å². The van der Waals surface area contributed by atoms with Crippen molar-refractivity contribution in [2.75, 3.05) is 12.3 Å². The van der Waals surface area contributed by atoms with Crippen LogP contribution in [0.25, 0.3) is 0 Å². The van der Waals surface area contributed by atoms with Crippen LogP contribution in [0.2, 0.25) is 0 Å². The summed E-state index contributed by atoms with van der Waals surface area (Å²) < 4.78 is 12.3. The fourth-order valence-electron chi connectivity index (χ4n) is 1.61. The highest BCUT2D eigenvalue weighted by Gasteiger charge is 2.09. The summed E-state index contributed by atoms with van der Waals surface area (Å²) in [5.74, 6) is 1.71. The summed E-state index contributed by atoms with van der Waals surface area (Å²) >= 11 is 0. The van der Waals surface area contributed by atoms with Crippen molar-refractivity contribution in [1.82, 2.24) is 14.8 Å². The Labute approximate surface area is 122 Å². The molecule has 0 amide bonds. The molecule has 0 saturated carbocycles. The average molecular weight is 290 g/mol. The number of hydrogen-bond donors (Lipinski definition) is 1. The Balaban J connectivity index is 1.70. The van der Waals surface area contributed by atoms with Gasteiger partial charge >= 0.3 is 5.97 Å². The molecule has 0 aliphatic heterocycles. The van der Waals surface area contributed by atoms with Crippen molar-refractivity contribution in [1.29, 1.82) is 0 Å². The lowest BCUT2D eigenvalue weighted by Gasteiger charge is -2.07. The number of aromatic nitrogens is 3. The minimum atomic E-state index is -0.342. The Kier molecular flexibility index (Phi) is 4.76. The van der Waals surface area contributed by atoms with Crippen molar-refractivity contribution in [2.24, 2.45) is 7.05 Å². The number of benzene rings is 1. The van der Waals surface area contributed by atoms with E-state index in [0.717, 1.165) is 5.82 Å². The number of nitrogen functional groups attached to an aromatic ring is 1. The first-order chi connectivity index (χ1) is 10.1. The number of rotatable bonds is 6. The zero-order valence-corrected chi connectivity index (χ0v) is 12.1.